The zero-order chi connectivity index (χ0) is 5.70. The third-order valence-corrected chi connectivity index (χ3v) is 0.397. The summed E-state index contributed by atoms with van der Waals surface area (Å²) in [6, 6.07) is 0. The Balaban J connectivity index is 3.13. The summed E-state index contributed by atoms with van der Waals surface area (Å²) in [6.07, 6.45) is 0. The Morgan fingerprint density at radius 3 is 2.71 bits per heavy atom. The quantitative estimate of drug-likeness (QED) is 0.182. The molecular formula is H3N4O2P. The molecule has 0 amide bonds. The Morgan fingerprint density at radius 2 is 2.57 bits per heavy atom. The predicted octanol–water partition coefficient (Wildman–Crippen LogP) is 0.406. The fraction of sp³-hybridized carbons (Fsp3) is 0. The van der Waals surface area contributed by atoms with E-state index in [0.717, 1.165) is 0 Å². The highest BCUT2D eigenvalue weighted by Gasteiger charge is 1.88. The van der Waals surface area contributed by atoms with Crippen LogP contribution in [0.4, 0.5) is 0 Å². The molecule has 0 heterocycles. The van der Waals surface area contributed by atoms with E-state index in [1.165, 1.54) is 0 Å². The number of hydrogen-bond acceptors (Lipinski definition) is 4. The summed E-state index contributed by atoms with van der Waals surface area (Å²) in [4.78, 5) is 10.2. The molecule has 0 aliphatic rings. The van der Waals surface area contributed by atoms with Gasteiger partial charge in [0, 0.05) is 4.91 Å². The van der Waals surface area contributed by atoms with Crippen molar-refractivity contribution in [3.05, 3.63) is 10.4 Å². The average molecular weight is 122 g/mol. The van der Waals surface area contributed by atoms with Gasteiger partial charge < -0.3 is 9.52 Å². The summed E-state index contributed by atoms with van der Waals surface area (Å²) in [5.74, 6) is 0. The van der Waals surface area contributed by atoms with Gasteiger partial charge in [0.1, 0.15) is 5.28 Å². The molecule has 0 aliphatic carbocycles. The van der Waals surface area contributed by atoms with Crippen LogP contribution in [0.25, 0.3) is 10.4 Å². The zero-order valence-corrected chi connectivity index (χ0v) is 4.12. The molecular weight excluding hydrogens is 119 g/mol. The van der Waals surface area contributed by atoms with E-state index in [4.69, 9.17) is 10.4 Å². The number of nitrogens with two attached hydrogens (primary N) is 1. The molecule has 7 heteroatoms. The molecule has 0 fully saturated rings. The molecule has 0 bridgehead atoms. The van der Waals surface area contributed by atoms with Gasteiger partial charge in [0.25, 0.3) is 0 Å². The molecule has 0 spiro atoms. The van der Waals surface area contributed by atoms with Crippen molar-refractivity contribution in [2.45, 2.75) is 0 Å². The Bertz CT molecular complexity index is 83.7. The van der Waals surface area contributed by atoms with Gasteiger partial charge in [0.2, 0.25) is 0 Å². The van der Waals surface area contributed by atoms with Crippen LogP contribution in [0.2, 0.25) is 0 Å². The minimum atomic E-state index is -2.03. The smallest absolute Gasteiger partial charge is 0.319 e. The molecule has 1 unspecified atom stereocenters. The van der Waals surface area contributed by atoms with Crippen LogP contribution in [0.15, 0.2) is 5.28 Å². The third-order valence-electron chi connectivity index (χ3n) is 0.157. The van der Waals surface area contributed by atoms with Gasteiger partial charge >= 0.3 is 8.53 Å². The molecule has 6 nitrogen and oxygen atoms in total. The first-order valence-corrected chi connectivity index (χ1v) is 2.50. The second-order valence-electron chi connectivity index (χ2n) is 0.555. The average Bonchev–Trinajstić information content (AvgIpc) is 1.61. The van der Waals surface area contributed by atoms with E-state index in [1.54, 1.807) is 0 Å². The van der Waals surface area contributed by atoms with Gasteiger partial charge in [-0.3, -0.25) is 5.50 Å². The minimum Gasteiger partial charge on any atom is -0.370 e. The molecule has 0 saturated carbocycles. The second kappa shape index (κ2) is 3.64. The van der Waals surface area contributed by atoms with Gasteiger partial charge in [-0.1, -0.05) is 0 Å². The van der Waals surface area contributed by atoms with Crippen LogP contribution in [0.3, 0.4) is 0 Å². The van der Waals surface area contributed by atoms with Gasteiger partial charge in [-0.15, -0.1) is 0 Å². The van der Waals surface area contributed by atoms with Crippen LogP contribution in [0.1, 0.15) is 0 Å². The first-order valence-electron chi connectivity index (χ1n) is 1.22. The van der Waals surface area contributed by atoms with Crippen molar-refractivity contribution in [3.63, 3.8) is 0 Å². The maximum atomic E-state index is 8.04. The van der Waals surface area contributed by atoms with Crippen molar-refractivity contribution < 1.29 is 9.52 Å². The van der Waals surface area contributed by atoms with Crippen LogP contribution in [-0.4, -0.2) is 4.89 Å². The van der Waals surface area contributed by atoms with Crippen molar-refractivity contribution in [2.24, 2.45) is 10.8 Å². The summed E-state index contributed by atoms with van der Waals surface area (Å²) in [7, 11) is -2.03. The third kappa shape index (κ3) is 5.46. The summed E-state index contributed by atoms with van der Waals surface area (Å²) in [6.45, 7) is 0. The number of hydrogen-bond donors (Lipinski definition) is 2. The van der Waals surface area contributed by atoms with E-state index in [1.807, 2.05) is 0 Å². The Kier molecular flexibility index (Phi) is 3.36. The van der Waals surface area contributed by atoms with E-state index in [2.05, 4.69) is 20.3 Å². The van der Waals surface area contributed by atoms with Crippen molar-refractivity contribution in [1.29, 1.82) is 0 Å². The number of nitrogens with zero attached hydrogens (tertiary/aromatic N) is 3. The van der Waals surface area contributed by atoms with E-state index >= 15 is 0 Å². The summed E-state index contributed by atoms with van der Waals surface area (Å²) in [5.41, 5.74) is 12.1. The Labute approximate surface area is 40.4 Å². The molecule has 0 aliphatic heterocycles. The standard InChI is InChI=1S/H3N4O2P/c1-3-4-6-7(2)5/h5H,2H2. The fourth-order valence-corrected chi connectivity index (χ4v) is 0.161. The second-order valence-corrected chi connectivity index (χ2v) is 1.32. The fourth-order valence-electron chi connectivity index (χ4n) is 0.0537. The molecule has 0 aromatic carbocycles. The highest BCUT2D eigenvalue weighted by Crippen LogP contribution is 2.18. The van der Waals surface area contributed by atoms with Gasteiger partial charge in [-0.2, -0.15) is 0 Å². The van der Waals surface area contributed by atoms with Crippen molar-refractivity contribution in [2.75, 3.05) is 0 Å². The van der Waals surface area contributed by atoms with Crippen molar-refractivity contribution >= 4 is 8.53 Å². The predicted molar refractivity (Wildman–Crippen MR) is 23.6 cm³/mol. The molecule has 1 atom stereocenters. The van der Waals surface area contributed by atoms with Crippen molar-refractivity contribution in [3.8, 4) is 0 Å². The largest absolute Gasteiger partial charge is 0.370 e. The lowest BCUT2D eigenvalue weighted by atomic mass is 12.9. The first kappa shape index (κ1) is 6.46. The van der Waals surface area contributed by atoms with Crippen LogP contribution < -0.4 is 5.50 Å². The van der Waals surface area contributed by atoms with E-state index in [9.17, 15) is 0 Å². The van der Waals surface area contributed by atoms with E-state index in [0.29, 0.717) is 0 Å². The van der Waals surface area contributed by atoms with Gasteiger partial charge in [-0.25, -0.2) is 0 Å². The normalized spacial score (nSPS) is 11.7. The number of azide groups is 1. The maximum Gasteiger partial charge on any atom is 0.319 e. The Morgan fingerprint density at radius 1 is 2.00 bits per heavy atom. The molecule has 0 radical (unpaired) electrons. The van der Waals surface area contributed by atoms with Crippen LogP contribution >= 0.6 is 8.53 Å². The lowest BCUT2D eigenvalue weighted by Gasteiger charge is -1.92. The minimum absolute atomic E-state index is 2.03. The van der Waals surface area contributed by atoms with E-state index in [-0.39, 0.29) is 0 Å². The summed E-state index contributed by atoms with van der Waals surface area (Å²) < 4.78 is 3.80. The van der Waals surface area contributed by atoms with Crippen molar-refractivity contribution in [1.82, 2.24) is 0 Å². The van der Waals surface area contributed by atoms with Crippen LogP contribution in [0, 0.1) is 0 Å². The zero-order valence-electron chi connectivity index (χ0n) is 3.22. The molecule has 0 aromatic rings. The highest BCUT2D eigenvalue weighted by molar-refractivity contribution is 7.43. The molecule has 3 N–H and O–H groups in total. The molecule has 0 saturated heterocycles. The number of rotatable bonds is 2. The van der Waals surface area contributed by atoms with Gasteiger partial charge in [0.05, 0.1) is 0 Å². The molecule has 40 valence electrons. The SMILES string of the molecule is [N-]=[N+]=NOP(N)O. The summed E-state index contributed by atoms with van der Waals surface area (Å²) in [5, 5.41) is 2.51. The highest BCUT2D eigenvalue weighted by atomic mass is 31.2. The van der Waals surface area contributed by atoms with Gasteiger partial charge in [0.15, 0.2) is 0 Å². The van der Waals surface area contributed by atoms with E-state index < -0.39 is 8.53 Å². The monoisotopic (exact) mass is 122 g/mol. The van der Waals surface area contributed by atoms with Gasteiger partial charge in [-0.05, 0) is 5.53 Å². The molecule has 7 heavy (non-hydrogen) atoms. The lowest BCUT2D eigenvalue weighted by Crippen LogP contribution is -1.84. The topological polar surface area (TPSA) is 104 Å². The molecule has 0 rings (SSSR count). The summed E-state index contributed by atoms with van der Waals surface area (Å²) >= 11 is 0. The Hall–Kier alpha value is -0.540. The van der Waals surface area contributed by atoms with Crippen LogP contribution in [0.5, 0.6) is 0 Å². The molecule has 0 aromatic heterocycles. The lowest BCUT2D eigenvalue weighted by molar-refractivity contribution is 0.323. The van der Waals surface area contributed by atoms with Crippen LogP contribution in [-0.2, 0) is 4.62 Å². The maximum absolute atomic E-state index is 8.04. The first-order chi connectivity index (χ1) is 3.27.